The van der Waals surface area contributed by atoms with E-state index in [1.165, 1.54) is 11.3 Å². The summed E-state index contributed by atoms with van der Waals surface area (Å²) in [5, 5.41) is 25.7. The monoisotopic (exact) mass is 379 g/mol. The van der Waals surface area contributed by atoms with Crippen molar-refractivity contribution in [3.05, 3.63) is 45.9 Å². The van der Waals surface area contributed by atoms with Crippen LogP contribution in [0, 0.1) is 12.3 Å². The van der Waals surface area contributed by atoms with Crippen LogP contribution < -0.4 is 10.6 Å². The van der Waals surface area contributed by atoms with Crippen molar-refractivity contribution in [1.29, 1.82) is 0 Å². The van der Waals surface area contributed by atoms with E-state index in [0.717, 1.165) is 5.56 Å². The Bertz CT molecular complexity index is 772. The minimum atomic E-state index is -1.01. The van der Waals surface area contributed by atoms with E-state index in [0.29, 0.717) is 15.8 Å². The molecule has 1 aromatic heterocycles. The van der Waals surface area contributed by atoms with E-state index in [9.17, 15) is 9.90 Å². The highest BCUT2D eigenvalue weighted by molar-refractivity contribution is 7.14. The second kappa shape index (κ2) is 8.32. The molecule has 0 aliphatic heterocycles. The van der Waals surface area contributed by atoms with Crippen LogP contribution in [0.1, 0.15) is 18.2 Å². The number of benzene rings is 1. The number of nitrogens with zero attached hydrogens (tertiary/aromatic N) is 1. The van der Waals surface area contributed by atoms with Gasteiger partial charge in [-0.05, 0) is 24.6 Å². The highest BCUT2D eigenvalue weighted by Gasteiger charge is 2.29. The quantitative estimate of drug-likeness (QED) is 0.579. The van der Waals surface area contributed by atoms with E-state index in [1.54, 1.807) is 17.5 Å². The minimum absolute atomic E-state index is 0.0621. The maximum Gasteiger partial charge on any atom is 0.321 e. The molecule has 0 saturated heterocycles. The van der Waals surface area contributed by atoms with Crippen LogP contribution in [0.3, 0.4) is 0 Å². The zero-order valence-corrected chi connectivity index (χ0v) is 15.1. The summed E-state index contributed by atoms with van der Waals surface area (Å²) in [4.78, 5) is 16.2. The molecule has 2 rings (SSSR count). The number of terminal acetylenes is 1. The fourth-order valence-electron chi connectivity index (χ4n) is 2.07. The fourth-order valence-corrected chi connectivity index (χ4v) is 3.01. The van der Waals surface area contributed by atoms with Gasteiger partial charge in [0.2, 0.25) is 0 Å². The molecule has 6 nitrogen and oxygen atoms in total. The average molecular weight is 380 g/mol. The van der Waals surface area contributed by atoms with Crippen molar-refractivity contribution in [2.24, 2.45) is 0 Å². The molecule has 0 spiro atoms. The fraction of sp³-hybridized carbons (Fsp3) is 0.294. The summed E-state index contributed by atoms with van der Waals surface area (Å²) in [7, 11) is 0. The van der Waals surface area contributed by atoms with E-state index >= 15 is 0 Å². The van der Waals surface area contributed by atoms with Crippen molar-refractivity contribution in [3.63, 3.8) is 0 Å². The summed E-state index contributed by atoms with van der Waals surface area (Å²) >= 11 is 7.16. The van der Waals surface area contributed by atoms with Crippen molar-refractivity contribution in [1.82, 2.24) is 10.3 Å². The highest BCUT2D eigenvalue weighted by atomic mass is 35.5. The summed E-state index contributed by atoms with van der Waals surface area (Å²) in [5.41, 5.74) is 0.740. The van der Waals surface area contributed by atoms with Crippen molar-refractivity contribution in [2.45, 2.75) is 18.4 Å². The number of halogens is 1. The normalized spacial score (nSPS) is 14.2. The summed E-state index contributed by atoms with van der Waals surface area (Å²) in [6.45, 7) is 1.38. The average Bonchev–Trinajstić information content (AvgIpc) is 3.08. The van der Waals surface area contributed by atoms with Crippen LogP contribution in [-0.4, -0.2) is 40.5 Å². The Morgan fingerprint density at radius 2 is 2.16 bits per heavy atom. The third-order valence-corrected chi connectivity index (χ3v) is 4.67. The molecular weight excluding hydrogens is 362 g/mol. The molecule has 0 aliphatic rings. The third-order valence-electron chi connectivity index (χ3n) is 3.66. The molecule has 25 heavy (non-hydrogen) atoms. The van der Waals surface area contributed by atoms with Gasteiger partial charge in [0.15, 0.2) is 5.13 Å². The van der Waals surface area contributed by atoms with Crippen LogP contribution in [0.15, 0.2) is 29.6 Å². The first-order chi connectivity index (χ1) is 11.9. The van der Waals surface area contributed by atoms with E-state index < -0.39 is 24.2 Å². The van der Waals surface area contributed by atoms with Crippen LogP contribution >= 0.6 is 22.9 Å². The van der Waals surface area contributed by atoms with Gasteiger partial charge in [-0.3, -0.25) is 5.32 Å². The molecule has 132 valence electrons. The number of hydrogen-bond donors (Lipinski definition) is 4. The van der Waals surface area contributed by atoms with Crippen molar-refractivity contribution < 1.29 is 15.0 Å². The van der Waals surface area contributed by atoms with Crippen molar-refractivity contribution in [2.75, 3.05) is 18.5 Å². The smallest absolute Gasteiger partial charge is 0.321 e. The lowest BCUT2D eigenvalue weighted by Crippen LogP contribution is -2.36. The van der Waals surface area contributed by atoms with Crippen LogP contribution in [0.4, 0.5) is 9.93 Å². The van der Waals surface area contributed by atoms with Gasteiger partial charge in [-0.15, -0.1) is 17.8 Å². The van der Waals surface area contributed by atoms with Gasteiger partial charge in [-0.25, -0.2) is 9.78 Å². The molecule has 0 aliphatic carbocycles. The van der Waals surface area contributed by atoms with Gasteiger partial charge in [0.05, 0.1) is 23.8 Å². The Hall–Kier alpha value is -2.11. The number of thiazole rings is 1. The number of carbonyl (C=O) groups excluding carboxylic acids is 1. The molecular formula is C17H18ClN3O3S. The minimum Gasteiger partial charge on any atom is -0.394 e. The third kappa shape index (κ3) is 4.71. The van der Waals surface area contributed by atoms with Gasteiger partial charge in [0.25, 0.3) is 0 Å². The van der Waals surface area contributed by atoms with Crippen LogP contribution in [0.25, 0.3) is 0 Å². The van der Waals surface area contributed by atoms with Crippen LogP contribution in [-0.2, 0) is 5.41 Å². The van der Waals surface area contributed by atoms with Gasteiger partial charge in [0, 0.05) is 16.9 Å². The number of aliphatic hydroxyl groups excluding tert-OH is 2. The molecule has 0 saturated carbocycles. The number of carbonyl (C=O) groups is 1. The zero-order valence-electron chi connectivity index (χ0n) is 13.5. The van der Waals surface area contributed by atoms with Crippen LogP contribution in [0.5, 0.6) is 0 Å². The van der Waals surface area contributed by atoms with Crippen molar-refractivity contribution in [3.8, 4) is 12.3 Å². The predicted molar refractivity (Wildman–Crippen MR) is 99.0 cm³/mol. The Morgan fingerprint density at radius 3 is 2.76 bits per heavy atom. The number of rotatable bonds is 6. The summed E-state index contributed by atoms with van der Waals surface area (Å²) in [6.07, 6.45) is 4.74. The lowest BCUT2D eigenvalue weighted by atomic mass is 9.81. The number of nitrogens with one attached hydrogen (secondary N) is 2. The second-order valence-corrected chi connectivity index (χ2v) is 6.78. The summed E-state index contributed by atoms with van der Waals surface area (Å²) < 4.78 is 0. The topological polar surface area (TPSA) is 94.5 Å². The number of aliphatic hydroxyl groups is 2. The second-order valence-electron chi connectivity index (χ2n) is 5.49. The number of urea groups is 1. The Morgan fingerprint density at radius 1 is 1.48 bits per heavy atom. The van der Waals surface area contributed by atoms with E-state index in [1.807, 2.05) is 19.1 Å². The first kappa shape index (κ1) is 19.2. The Balaban J connectivity index is 2.12. The predicted octanol–water partition coefficient (Wildman–Crippen LogP) is 2.21. The zero-order chi connectivity index (χ0) is 18.4. The van der Waals surface area contributed by atoms with Crippen LogP contribution in [0.2, 0.25) is 5.02 Å². The highest BCUT2D eigenvalue weighted by Crippen LogP contribution is 2.33. The van der Waals surface area contributed by atoms with E-state index in [4.69, 9.17) is 23.1 Å². The molecule has 1 heterocycles. The number of aromatic nitrogens is 1. The summed E-state index contributed by atoms with van der Waals surface area (Å²) in [5.74, 6) is 2.76. The maximum absolute atomic E-state index is 11.8. The SMILES string of the molecule is C#CC(C)(c1ccc(Cl)cc1)c1csc(NC(=O)NC[C@@H](O)CO)n1. The van der Waals surface area contributed by atoms with Gasteiger partial charge in [0.1, 0.15) is 0 Å². The van der Waals surface area contributed by atoms with E-state index in [-0.39, 0.29) is 6.54 Å². The lowest BCUT2D eigenvalue weighted by molar-refractivity contribution is 0.0965. The Kier molecular flexibility index (Phi) is 6.39. The number of hydrogen-bond acceptors (Lipinski definition) is 5. The molecule has 2 atom stereocenters. The van der Waals surface area contributed by atoms with E-state index in [2.05, 4.69) is 21.5 Å². The first-order valence-electron chi connectivity index (χ1n) is 7.42. The number of amides is 2. The maximum atomic E-state index is 11.8. The Labute approximate surface area is 154 Å². The molecule has 0 bridgehead atoms. The molecule has 1 aromatic carbocycles. The summed E-state index contributed by atoms with van der Waals surface area (Å²) in [6, 6.07) is 6.69. The molecule has 8 heteroatoms. The van der Waals surface area contributed by atoms with Gasteiger partial charge >= 0.3 is 6.03 Å². The lowest BCUT2D eigenvalue weighted by Gasteiger charge is -2.22. The standard InChI is InChI=1S/C17H18ClN3O3S/c1-3-17(2,11-4-6-12(18)7-5-11)14-10-25-16(20-14)21-15(24)19-8-13(23)9-22/h1,4-7,10,13,22-23H,8-9H2,2H3,(H2,19,20,21,24)/t13-,17?/m1/s1. The molecule has 4 N–H and O–H groups in total. The largest absolute Gasteiger partial charge is 0.394 e. The molecule has 0 fully saturated rings. The first-order valence-corrected chi connectivity index (χ1v) is 8.68. The van der Waals surface area contributed by atoms with Gasteiger partial charge in [-0.2, -0.15) is 0 Å². The number of anilines is 1. The van der Waals surface area contributed by atoms with Gasteiger partial charge < -0.3 is 15.5 Å². The van der Waals surface area contributed by atoms with Gasteiger partial charge in [-0.1, -0.05) is 29.7 Å². The van der Waals surface area contributed by atoms with Crippen molar-refractivity contribution >= 4 is 34.1 Å². The molecule has 0 radical (unpaired) electrons. The molecule has 2 aromatic rings. The molecule has 2 amide bonds. The molecule has 1 unspecified atom stereocenters.